The minimum atomic E-state index is -0.592. The summed E-state index contributed by atoms with van der Waals surface area (Å²) in [5.74, 6) is -0.544. The lowest BCUT2D eigenvalue weighted by molar-refractivity contribution is -0.143. The quantitative estimate of drug-likeness (QED) is 0.494. The number of unbranched alkanes of at least 4 members (excludes halogenated alkanes) is 1. The number of carbonyl (C=O) groups is 2. The number of hydrogen-bond donors (Lipinski definition) is 1. The molecule has 2 fully saturated rings. The predicted octanol–water partition coefficient (Wildman–Crippen LogP) is 5.25. The zero-order valence-corrected chi connectivity index (χ0v) is 19.0. The molecular formula is C25H38FN3O2. The van der Waals surface area contributed by atoms with Gasteiger partial charge in [-0.1, -0.05) is 44.9 Å². The van der Waals surface area contributed by atoms with Crippen LogP contribution in [-0.4, -0.2) is 40.8 Å². The molecule has 1 saturated carbocycles. The summed E-state index contributed by atoms with van der Waals surface area (Å²) >= 11 is 0. The standard InChI is InChI=1S/C25H38FN3O2/c1-20-25(14-7-5-3-2-4-6-8-15-25)16-13-23(30)29(20)18-10-9-17-27-24(31)21-11-12-22(26)28-19-21/h11-12,19-20H,2-10,13-18H2,1H3,(H,27,31). The number of halogens is 1. The molecule has 1 aromatic heterocycles. The molecule has 1 aliphatic carbocycles. The molecule has 1 spiro atoms. The Morgan fingerprint density at radius 2 is 1.77 bits per heavy atom. The molecule has 2 heterocycles. The van der Waals surface area contributed by atoms with Gasteiger partial charge in [0.05, 0.1) is 5.56 Å². The number of aromatic nitrogens is 1. The Morgan fingerprint density at radius 3 is 2.42 bits per heavy atom. The second-order valence-corrected chi connectivity index (χ2v) is 9.43. The largest absolute Gasteiger partial charge is 0.352 e. The third kappa shape index (κ3) is 6.50. The van der Waals surface area contributed by atoms with E-state index in [1.54, 1.807) is 0 Å². The summed E-state index contributed by atoms with van der Waals surface area (Å²) in [5.41, 5.74) is 0.647. The number of likely N-dealkylation sites (tertiary alicyclic amines) is 1. The first-order valence-corrected chi connectivity index (χ1v) is 12.2. The number of rotatable bonds is 6. The highest BCUT2D eigenvalue weighted by molar-refractivity contribution is 5.93. The van der Waals surface area contributed by atoms with Crippen LogP contribution >= 0.6 is 0 Å². The lowest BCUT2D eigenvalue weighted by atomic mass is 9.66. The predicted molar refractivity (Wildman–Crippen MR) is 120 cm³/mol. The van der Waals surface area contributed by atoms with Crippen molar-refractivity contribution in [3.8, 4) is 0 Å². The first-order valence-electron chi connectivity index (χ1n) is 12.2. The minimum absolute atomic E-state index is 0.240. The summed E-state index contributed by atoms with van der Waals surface area (Å²) in [6.07, 6.45) is 16.5. The van der Waals surface area contributed by atoms with Crippen molar-refractivity contribution in [1.82, 2.24) is 15.2 Å². The van der Waals surface area contributed by atoms with Gasteiger partial charge in [0.25, 0.3) is 5.91 Å². The highest BCUT2D eigenvalue weighted by atomic mass is 19.1. The third-order valence-electron chi connectivity index (χ3n) is 7.46. The molecular weight excluding hydrogens is 393 g/mol. The maximum atomic E-state index is 12.9. The minimum Gasteiger partial charge on any atom is -0.352 e. The van der Waals surface area contributed by atoms with Crippen LogP contribution in [0.1, 0.15) is 101 Å². The average molecular weight is 432 g/mol. The fraction of sp³-hybridized carbons (Fsp3) is 0.720. The Balaban J connectivity index is 1.47. The van der Waals surface area contributed by atoms with Crippen molar-refractivity contribution >= 4 is 11.8 Å². The van der Waals surface area contributed by atoms with Gasteiger partial charge in [0, 0.05) is 31.7 Å². The number of nitrogens with zero attached hydrogens (tertiary/aromatic N) is 2. The number of hydrogen-bond acceptors (Lipinski definition) is 3. The molecule has 2 aliphatic rings. The van der Waals surface area contributed by atoms with Gasteiger partial charge in [0.15, 0.2) is 0 Å². The van der Waals surface area contributed by atoms with E-state index in [0.717, 1.165) is 25.8 Å². The second kappa shape index (κ2) is 11.6. The zero-order valence-electron chi connectivity index (χ0n) is 19.0. The van der Waals surface area contributed by atoms with Crippen molar-refractivity contribution in [3.63, 3.8) is 0 Å². The van der Waals surface area contributed by atoms with E-state index in [-0.39, 0.29) is 17.2 Å². The van der Waals surface area contributed by atoms with Crippen LogP contribution in [0.5, 0.6) is 0 Å². The fourth-order valence-corrected chi connectivity index (χ4v) is 5.43. The summed E-state index contributed by atoms with van der Waals surface area (Å²) in [6, 6.07) is 2.92. The van der Waals surface area contributed by atoms with E-state index in [0.29, 0.717) is 24.6 Å². The third-order valence-corrected chi connectivity index (χ3v) is 7.46. The number of piperidine rings is 1. The highest BCUT2D eigenvalue weighted by Gasteiger charge is 2.43. The molecule has 1 N–H and O–H groups in total. The van der Waals surface area contributed by atoms with Crippen LogP contribution in [0.3, 0.4) is 0 Å². The van der Waals surface area contributed by atoms with Crippen molar-refractivity contribution in [1.29, 1.82) is 0 Å². The van der Waals surface area contributed by atoms with E-state index in [1.807, 2.05) is 0 Å². The lowest BCUT2D eigenvalue weighted by Gasteiger charge is -2.49. The van der Waals surface area contributed by atoms with Gasteiger partial charge in [-0.25, -0.2) is 4.98 Å². The number of pyridine rings is 1. The van der Waals surface area contributed by atoms with E-state index in [1.165, 1.54) is 76.1 Å². The normalized spacial score (nSPS) is 22.3. The van der Waals surface area contributed by atoms with Gasteiger partial charge < -0.3 is 10.2 Å². The summed E-state index contributed by atoms with van der Waals surface area (Å²) in [7, 11) is 0. The van der Waals surface area contributed by atoms with Gasteiger partial charge in [-0.05, 0) is 56.6 Å². The first kappa shape index (κ1) is 23.7. The van der Waals surface area contributed by atoms with Crippen LogP contribution in [0.2, 0.25) is 0 Å². The molecule has 1 unspecified atom stereocenters. The van der Waals surface area contributed by atoms with E-state index in [9.17, 15) is 14.0 Å². The number of nitrogens with one attached hydrogen (secondary N) is 1. The highest BCUT2D eigenvalue weighted by Crippen LogP contribution is 2.45. The van der Waals surface area contributed by atoms with Crippen molar-refractivity contribution in [2.24, 2.45) is 5.41 Å². The maximum absolute atomic E-state index is 12.9. The molecule has 0 aromatic carbocycles. The fourth-order valence-electron chi connectivity index (χ4n) is 5.43. The molecule has 1 aromatic rings. The van der Waals surface area contributed by atoms with E-state index in [2.05, 4.69) is 22.1 Å². The number of amides is 2. The number of carbonyl (C=O) groups excluding carboxylic acids is 2. The Kier molecular flexibility index (Phi) is 8.85. The molecule has 172 valence electrons. The van der Waals surface area contributed by atoms with Crippen LogP contribution in [0.15, 0.2) is 18.3 Å². The molecule has 6 heteroatoms. The second-order valence-electron chi connectivity index (χ2n) is 9.43. The van der Waals surface area contributed by atoms with Crippen LogP contribution in [0, 0.1) is 11.4 Å². The van der Waals surface area contributed by atoms with Gasteiger partial charge >= 0.3 is 0 Å². The van der Waals surface area contributed by atoms with Gasteiger partial charge in [-0.15, -0.1) is 0 Å². The Morgan fingerprint density at radius 1 is 1.10 bits per heavy atom. The lowest BCUT2D eigenvalue weighted by Crippen LogP contribution is -2.53. The van der Waals surface area contributed by atoms with E-state index >= 15 is 0 Å². The monoisotopic (exact) mass is 431 g/mol. The van der Waals surface area contributed by atoms with Gasteiger partial charge in [0.2, 0.25) is 11.9 Å². The van der Waals surface area contributed by atoms with Gasteiger partial charge in [0.1, 0.15) is 0 Å². The molecule has 2 amide bonds. The summed E-state index contributed by atoms with van der Waals surface area (Å²) < 4.78 is 12.9. The average Bonchev–Trinajstić information content (AvgIpc) is 2.77. The smallest absolute Gasteiger partial charge is 0.252 e. The van der Waals surface area contributed by atoms with E-state index in [4.69, 9.17) is 0 Å². The molecule has 1 aliphatic heterocycles. The van der Waals surface area contributed by atoms with Crippen LogP contribution in [0.25, 0.3) is 0 Å². The topological polar surface area (TPSA) is 62.3 Å². The maximum Gasteiger partial charge on any atom is 0.252 e. The molecule has 31 heavy (non-hydrogen) atoms. The zero-order chi connectivity index (χ0) is 22.1. The summed E-state index contributed by atoms with van der Waals surface area (Å²) in [6.45, 7) is 3.57. The molecule has 3 rings (SSSR count). The molecule has 1 atom stereocenters. The van der Waals surface area contributed by atoms with Crippen molar-refractivity contribution in [2.75, 3.05) is 13.1 Å². The van der Waals surface area contributed by atoms with Crippen LogP contribution < -0.4 is 5.32 Å². The molecule has 0 radical (unpaired) electrons. The Bertz CT molecular complexity index is 712. The molecule has 5 nitrogen and oxygen atoms in total. The Hall–Kier alpha value is -1.98. The summed E-state index contributed by atoms with van der Waals surface area (Å²) in [4.78, 5) is 30.5. The van der Waals surface area contributed by atoms with Gasteiger partial charge in [-0.3, -0.25) is 9.59 Å². The molecule has 1 saturated heterocycles. The Labute approximate surface area is 186 Å². The first-order chi connectivity index (χ1) is 15.0. The molecule has 0 bridgehead atoms. The SMILES string of the molecule is CC1N(CCCCNC(=O)c2ccc(F)nc2)C(=O)CCC12CCCCCCCCC2. The van der Waals surface area contributed by atoms with E-state index < -0.39 is 5.95 Å². The van der Waals surface area contributed by atoms with Crippen LogP contribution in [0.4, 0.5) is 4.39 Å². The van der Waals surface area contributed by atoms with Crippen molar-refractivity contribution < 1.29 is 14.0 Å². The van der Waals surface area contributed by atoms with Gasteiger partial charge in [-0.2, -0.15) is 4.39 Å². The van der Waals surface area contributed by atoms with Crippen LogP contribution in [-0.2, 0) is 4.79 Å². The summed E-state index contributed by atoms with van der Waals surface area (Å²) in [5, 5.41) is 2.86. The van der Waals surface area contributed by atoms with Crippen molar-refractivity contribution in [2.45, 2.75) is 96.4 Å². The van der Waals surface area contributed by atoms with Crippen molar-refractivity contribution in [3.05, 3.63) is 29.8 Å².